The second-order valence-corrected chi connectivity index (χ2v) is 4.77. The Kier molecular flexibility index (Phi) is 2.14. The van der Waals surface area contributed by atoms with Crippen LogP contribution in [-0.4, -0.2) is 25.7 Å². The van der Waals surface area contributed by atoms with Crippen LogP contribution in [-0.2, 0) is 9.53 Å². The fourth-order valence-corrected chi connectivity index (χ4v) is 2.61. The highest BCUT2D eigenvalue weighted by Crippen LogP contribution is 2.44. The summed E-state index contributed by atoms with van der Waals surface area (Å²) in [5.41, 5.74) is 0.209. The molecule has 1 fully saturated rings. The fraction of sp³-hybridized carbons (Fsp3) is 0.727. The van der Waals surface area contributed by atoms with Crippen molar-refractivity contribution >= 4 is 5.97 Å². The number of carbonyl (C=O) groups excluding carboxylic acids is 1. The van der Waals surface area contributed by atoms with Gasteiger partial charge in [-0.05, 0) is 11.3 Å². The molecule has 0 saturated carbocycles. The lowest BCUT2D eigenvalue weighted by Gasteiger charge is -2.25. The Morgan fingerprint density at radius 1 is 1.57 bits per heavy atom. The quantitative estimate of drug-likeness (QED) is 0.500. The van der Waals surface area contributed by atoms with E-state index in [1.54, 1.807) is 0 Å². The first kappa shape index (κ1) is 9.71. The third kappa shape index (κ3) is 1.27. The van der Waals surface area contributed by atoms with Crippen LogP contribution >= 0.6 is 0 Å². The maximum absolute atomic E-state index is 11.4. The Labute approximate surface area is 84.5 Å². The number of hydrogen-bond donors (Lipinski definition) is 1. The van der Waals surface area contributed by atoms with Gasteiger partial charge in [-0.15, -0.1) is 0 Å². The second kappa shape index (κ2) is 3.09. The summed E-state index contributed by atoms with van der Waals surface area (Å²) in [4.78, 5) is 11.4. The molecule has 2 aliphatic rings. The number of ether oxygens (including phenoxy) is 1. The van der Waals surface area contributed by atoms with Crippen molar-refractivity contribution in [3.8, 4) is 0 Å². The second-order valence-electron chi connectivity index (χ2n) is 4.77. The van der Waals surface area contributed by atoms with E-state index in [1.165, 1.54) is 7.11 Å². The number of esters is 1. The van der Waals surface area contributed by atoms with Crippen LogP contribution in [0.2, 0.25) is 0 Å². The van der Waals surface area contributed by atoms with Gasteiger partial charge in [0.1, 0.15) is 6.04 Å². The van der Waals surface area contributed by atoms with Gasteiger partial charge in [0.2, 0.25) is 0 Å². The normalized spacial score (nSPS) is 38.4. The zero-order chi connectivity index (χ0) is 10.3. The van der Waals surface area contributed by atoms with Gasteiger partial charge in [0.05, 0.1) is 7.11 Å². The van der Waals surface area contributed by atoms with Crippen LogP contribution in [0, 0.1) is 17.3 Å². The van der Waals surface area contributed by atoms with Crippen molar-refractivity contribution in [1.29, 1.82) is 0 Å². The molecule has 0 unspecified atom stereocenters. The number of nitrogens with one attached hydrogen (secondary N) is 1. The molecule has 0 spiro atoms. The van der Waals surface area contributed by atoms with Gasteiger partial charge in [-0.3, -0.25) is 4.79 Å². The molecule has 3 nitrogen and oxygen atoms in total. The van der Waals surface area contributed by atoms with E-state index in [2.05, 4.69) is 31.3 Å². The third-order valence-electron chi connectivity index (χ3n) is 3.57. The Morgan fingerprint density at radius 3 is 2.93 bits per heavy atom. The summed E-state index contributed by atoms with van der Waals surface area (Å²) in [6, 6.07) is -0.136. The minimum absolute atomic E-state index is 0.136. The van der Waals surface area contributed by atoms with E-state index in [-0.39, 0.29) is 17.4 Å². The number of hydrogen-bond acceptors (Lipinski definition) is 3. The van der Waals surface area contributed by atoms with Crippen LogP contribution in [0.1, 0.15) is 13.8 Å². The molecule has 0 bridgehead atoms. The van der Waals surface area contributed by atoms with Crippen molar-refractivity contribution in [2.75, 3.05) is 13.7 Å². The van der Waals surface area contributed by atoms with E-state index in [0.717, 1.165) is 6.54 Å². The molecule has 78 valence electrons. The van der Waals surface area contributed by atoms with Gasteiger partial charge in [-0.1, -0.05) is 26.0 Å². The minimum Gasteiger partial charge on any atom is -0.468 e. The zero-order valence-electron chi connectivity index (χ0n) is 8.91. The Balaban J connectivity index is 2.16. The SMILES string of the molecule is COC(=O)[C@H]1NC[C@H]2[C@@H]1C=CC2(C)C. The predicted molar refractivity (Wildman–Crippen MR) is 53.7 cm³/mol. The number of rotatable bonds is 1. The maximum Gasteiger partial charge on any atom is 0.323 e. The van der Waals surface area contributed by atoms with Gasteiger partial charge in [-0.25, -0.2) is 0 Å². The van der Waals surface area contributed by atoms with Gasteiger partial charge < -0.3 is 10.1 Å². The molecule has 1 aliphatic heterocycles. The predicted octanol–water partition coefficient (Wildman–Crippen LogP) is 0.960. The minimum atomic E-state index is -0.139. The number of fused-ring (bicyclic) bond motifs is 1. The van der Waals surface area contributed by atoms with E-state index in [0.29, 0.717) is 11.8 Å². The molecule has 1 N–H and O–H groups in total. The van der Waals surface area contributed by atoms with E-state index in [1.807, 2.05) is 0 Å². The average Bonchev–Trinajstić information content (AvgIpc) is 2.67. The molecule has 0 radical (unpaired) electrons. The average molecular weight is 195 g/mol. The number of methoxy groups -OCH3 is 1. The van der Waals surface area contributed by atoms with E-state index in [9.17, 15) is 4.79 Å². The first-order valence-corrected chi connectivity index (χ1v) is 5.07. The topological polar surface area (TPSA) is 38.3 Å². The van der Waals surface area contributed by atoms with Crippen molar-refractivity contribution in [1.82, 2.24) is 5.32 Å². The highest BCUT2D eigenvalue weighted by atomic mass is 16.5. The summed E-state index contributed by atoms with van der Waals surface area (Å²) in [5, 5.41) is 3.24. The molecular formula is C11H17NO2. The van der Waals surface area contributed by atoms with Gasteiger partial charge in [-0.2, -0.15) is 0 Å². The van der Waals surface area contributed by atoms with Crippen LogP contribution in [0.15, 0.2) is 12.2 Å². The fourth-order valence-electron chi connectivity index (χ4n) is 2.61. The van der Waals surface area contributed by atoms with Crippen molar-refractivity contribution in [3.63, 3.8) is 0 Å². The number of allylic oxidation sites excluding steroid dienone is 1. The molecule has 0 aromatic heterocycles. The Morgan fingerprint density at radius 2 is 2.29 bits per heavy atom. The smallest absolute Gasteiger partial charge is 0.323 e. The Hall–Kier alpha value is -0.830. The Bertz CT molecular complexity index is 283. The molecule has 0 amide bonds. The lowest BCUT2D eigenvalue weighted by molar-refractivity contribution is -0.143. The summed E-state index contributed by atoms with van der Waals surface area (Å²) in [6.07, 6.45) is 4.38. The van der Waals surface area contributed by atoms with Crippen LogP contribution in [0.25, 0.3) is 0 Å². The molecule has 14 heavy (non-hydrogen) atoms. The van der Waals surface area contributed by atoms with Crippen molar-refractivity contribution in [3.05, 3.63) is 12.2 Å². The third-order valence-corrected chi connectivity index (χ3v) is 3.57. The summed E-state index contributed by atoms with van der Waals surface area (Å²) < 4.78 is 4.78. The van der Waals surface area contributed by atoms with E-state index < -0.39 is 0 Å². The molecule has 1 saturated heterocycles. The van der Waals surface area contributed by atoms with Crippen LogP contribution in [0.4, 0.5) is 0 Å². The van der Waals surface area contributed by atoms with Crippen molar-refractivity contribution in [2.45, 2.75) is 19.9 Å². The molecule has 3 atom stereocenters. The largest absolute Gasteiger partial charge is 0.468 e. The van der Waals surface area contributed by atoms with E-state index in [4.69, 9.17) is 4.74 Å². The summed E-state index contributed by atoms with van der Waals surface area (Å²) in [5.74, 6) is 0.712. The van der Waals surface area contributed by atoms with Crippen molar-refractivity contribution in [2.24, 2.45) is 17.3 Å². The maximum atomic E-state index is 11.4. The molecule has 3 heteroatoms. The van der Waals surface area contributed by atoms with Crippen LogP contribution in [0.3, 0.4) is 0 Å². The first-order valence-electron chi connectivity index (χ1n) is 5.07. The zero-order valence-corrected chi connectivity index (χ0v) is 8.91. The molecule has 0 aromatic rings. The summed E-state index contributed by atoms with van der Waals surface area (Å²) in [7, 11) is 1.45. The number of carbonyl (C=O) groups is 1. The lowest BCUT2D eigenvalue weighted by atomic mass is 9.78. The molecule has 0 aromatic carbocycles. The first-order chi connectivity index (χ1) is 6.56. The molecule has 1 aliphatic carbocycles. The van der Waals surface area contributed by atoms with Crippen LogP contribution in [0.5, 0.6) is 0 Å². The van der Waals surface area contributed by atoms with Crippen LogP contribution < -0.4 is 5.32 Å². The molecule has 1 heterocycles. The summed E-state index contributed by atoms with van der Waals surface area (Å²) in [6.45, 7) is 5.34. The van der Waals surface area contributed by atoms with Crippen molar-refractivity contribution < 1.29 is 9.53 Å². The summed E-state index contributed by atoms with van der Waals surface area (Å²) >= 11 is 0. The van der Waals surface area contributed by atoms with Gasteiger partial charge in [0, 0.05) is 12.5 Å². The standard InChI is InChI=1S/C11H17NO2/c1-11(2)5-4-7-8(11)6-12-9(7)10(13)14-3/h4-5,7-9,12H,6H2,1-3H3/t7-,8-,9-/m0/s1. The molecule has 2 rings (SSSR count). The monoisotopic (exact) mass is 195 g/mol. The highest BCUT2D eigenvalue weighted by Gasteiger charge is 2.48. The van der Waals surface area contributed by atoms with E-state index >= 15 is 0 Å². The van der Waals surface area contributed by atoms with Gasteiger partial charge >= 0.3 is 5.97 Å². The molecular weight excluding hydrogens is 178 g/mol. The van der Waals surface area contributed by atoms with Gasteiger partial charge in [0.25, 0.3) is 0 Å². The highest BCUT2D eigenvalue weighted by molar-refractivity contribution is 5.77. The van der Waals surface area contributed by atoms with Gasteiger partial charge in [0.15, 0.2) is 0 Å². The lowest BCUT2D eigenvalue weighted by Crippen LogP contribution is -2.35.